The molecular formula is C13H15NO. The van der Waals surface area contributed by atoms with Crippen molar-refractivity contribution >= 4 is 17.0 Å². The molecule has 0 saturated heterocycles. The third-order valence-electron chi connectivity index (χ3n) is 2.66. The van der Waals surface area contributed by atoms with Crippen molar-refractivity contribution in [2.45, 2.75) is 13.8 Å². The molecule has 1 heterocycles. The van der Waals surface area contributed by atoms with Crippen molar-refractivity contribution in [3.8, 4) is 0 Å². The Balaban J connectivity index is 2.68. The van der Waals surface area contributed by atoms with E-state index in [0.717, 1.165) is 11.3 Å². The Kier molecular flexibility index (Phi) is 2.60. The lowest BCUT2D eigenvalue weighted by Crippen LogP contribution is -1.92. The number of benzene rings is 1. The first-order valence-electron chi connectivity index (χ1n) is 5.09. The maximum Gasteiger partial charge on any atom is 0.135 e. The van der Waals surface area contributed by atoms with Gasteiger partial charge in [0, 0.05) is 11.9 Å². The van der Waals surface area contributed by atoms with Crippen molar-refractivity contribution in [3.63, 3.8) is 0 Å². The minimum absolute atomic E-state index is 0.562. The number of nitrogens with two attached hydrogens (primary N) is 1. The lowest BCUT2D eigenvalue weighted by Gasteiger charge is -1.96. The fraction of sp³-hybridized carbons (Fsp3) is 0.231. The highest BCUT2D eigenvalue weighted by atomic mass is 16.3. The minimum Gasteiger partial charge on any atom is -0.461 e. The predicted octanol–water partition coefficient (Wildman–Crippen LogP) is 3.02. The molecule has 0 saturated carbocycles. The fourth-order valence-corrected chi connectivity index (χ4v) is 1.79. The van der Waals surface area contributed by atoms with E-state index in [1.165, 1.54) is 16.5 Å². The molecule has 0 atom stereocenters. The Morgan fingerprint density at radius 3 is 2.87 bits per heavy atom. The van der Waals surface area contributed by atoms with E-state index in [1.807, 2.05) is 31.2 Å². The molecule has 0 aliphatic carbocycles. The average molecular weight is 201 g/mol. The maximum absolute atomic E-state index is 5.65. The molecule has 0 aliphatic heterocycles. The standard InChI is InChI=1S/C13H15NO/c1-9-10(2)15-12-7-3-5-11(13(9)12)6-4-8-14/h3-7H,8,14H2,1-2H3/b6-4+. The van der Waals surface area contributed by atoms with Crippen LogP contribution in [0.25, 0.3) is 17.0 Å². The third kappa shape index (κ3) is 1.68. The molecule has 15 heavy (non-hydrogen) atoms. The van der Waals surface area contributed by atoms with Gasteiger partial charge in [-0.15, -0.1) is 0 Å². The summed E-state index contributed by atoms with van der Waals surface area (Å²) < 4.78 is 5.65. The zero-order valence-corrected chi connectivity index (χ0v) is 9.08. The lowest BCUT2D eigenvalue weighted by atomic mass is 10.1. The molecule has 0 bridgehead atoms. The second-order valence-corrected chi connectivity index (χ2v) is 3.64. The van der Waals surface area contributed by atoms with Crippen LogP contribution in [0.15, 0.2) is 28.7 Å². The number of aryl methyl sites for hydroxylation is 2. The quantitative estimate of drug-likeness (QED) is 0.811. The van der Waals surface area contributed by atoms with Crippen molar-refractivity contribution in [2.24, 2.45) is 5.73 Å². The van der Waals surface area contributed by atoms with Gasteiger partial charge in [-0.2, -0.15) is 0 Å². The first-order chi connectivity index (χ1) is 7.24. The molecule has 0 fully saturated rings. The van der Waals surface area contributed by atoms with Crippen LogP contribution in [0.1, 0.15) is 16.9 Å². The van der Waals surface area contributed by atoms with Crippen LogP contribution in [0.4, 0.5) is 0 Å². The molecule has 1 aromatic heterocycles. The summed E-state index contributed by atoms with van der Waals surface area (Å²) in [5.74, 6) is 0.985. The van der Waals surface area contributed by atoms with Crippen LogP contribution >= 0.6 is 0 Å². The molecular weight excluding hydrogens is 186 g/mol. The highest BCUT2D eigenvalue weighted by Gasteiger charge is 2.08. The van der Waals surface area contributed by atoms with E-state index in [9.17, 15) is 0 Å². The SMILES string of the molecule is Cc1oc2cccc(/C=C/CN)c2c1C. The highest BCUT2D eigenvalue weighted by molar-refractivity contribution is 5.90. The Bertz CT molecular complexity index is 508. The predicted molar refractivity (Wildman–Crippen MR) is 63.8 cm³/mol. The molecule has 2 N–H and O–H groups in total. The monoisotopic (exact) mass is 201 g/mol. The summed E-state index contributed by atoms with van der Waals surface area (Å²) >= 11 is 0. The molecule has 78 valence electrons. The van der Waals surface area contributed by atoms with E-state index in [-0.39, 0.29) is 0 Å². The Morgan fingerprint density at radius 2 is 2.13 bits per heavy atom. The molecule has 0 unspecified atom stereocenters. The molecule has 2 heteroatoms. The van der Waals surface area contributed by atoms with Gasteiger partial charge in [0.15, 0.2) is 0 Å². The number of furan rings is 1. The molecule has 2 rings (SSSR count). The summed E-state index contributed by atoms with van der Waals surface area (Å²) in [4.78, 5) is 0. The van der Waals surface area contributed by atoms with Crippen molar-refractivity contribution in [1.29, 1.82) is 0 Å². The van der Waals surface area contributed by atoms with Crippen LogP contribution in [0, 0.1) is 13.8 Å². The van der Waals surface area contributed by atoms with Gasteiger partial charge in [0.2, 0.25) is 0 Å². The average Bonchev–Trinajstić information content (AvgIpc) is 2.53. The van der Waals surface area contributed by atoms with Gasteiger partial charge < -0.3 is 10.2 Å². The Labute approximate surface area is 89.4 Å². The van der Waals surface area contributed by atoms with Crippen molar-refractivity contribution < 1.29 is 4.42 Å². The molecule has 2 nitrogen and oxygen atoms in total. The van der Waals surface area contributed by atoms with Crippen molar-refractivity contribution in [3.05, 3.63) is 41.2 Å². The third-order valence-corrected chi connectivity index (χ3v) is 2.66. The largest absolute Gasteiger partial charge is 0.461 e. The normalized spacial score (nSPS) is 11.7. The highest BCUT2D eigenvalue weighted by Crippen LogP contribution is 2.28. The van der Waals surface area contributed by atoms with Crippen LogP contribution < -0.4 is 5.73 Å². The first-order valence-corrected chi connectivity index (χ1v) is 5.09. The van der Waals surface area contributed by atoms with Crippen LogP contribution in [-0.2, 0) is 0 Å². The molecule has 0 radical (unpaired) electrons. The molecule has 0 amide bonds. The van der Waals surface area contributed by atoms with Gasteiger partial charge in [-0.1, -0.05) is 24.3 Å². The van der Waals surface area contributed by atoms with Crippen LogP contribution in [0.3, 0.4) is 0 Å². The van der Waals surface area contributed by atoms with Gasteiger partial charge in [-0.25, -0.2) is 0 Å². The summed E-state index contributed by atoms with van der Waals surface area (Å²) in [5.41, 5.74) is 8.79. The van der Waals surface area contributed by atoms with Gasteiger partial charge in [0.05, 0.1) is 0 Å². The van der Waals surface area contributed by atoms with E-state index in [4.69, 9.17) is 10.2 Å². The Morgan fingerprint density at radius 1 is 1.33 bits per heavy atom. The van der Waals surface area contributed by atoms with Crippen LogP contribution in [0.5, 0.6) is 0 Å². The molecule has 1 aromatic carbocycles. The fourth-order valence-electron chi connectivity index (χ4n) is 1.79. The first kappa shape index (κ1) is 9.99. The number of hydrogen-bond acceptors (Lipinski definition) is 2. The number of hydrogen-bond donors (Lipinski definition) is 1. The van der Waals surface area contributed by atoms with Gasteiger partial charge >= 0.3 is 0 Å². The van der Waals surface area contributed by atoms with Crippen LogP contribution in [0.2, 0.25) is 0 Å². The topological polar surface area (TPSA) is 39.2 Å². The van der Waals surface area contributed by atoms with Gasteiger partial charge in [-0.3, -0.25) is 0 Å². The summed E-state index contributed by atoms with van der Waals surface area (Å²) in [6.45, 7) is 4.64. The number of fused-ring (bicyclic) bond motifs is 1. The summed E-state index contributed by atoms with van der Waals surface area (Å²) in [6.07, 6.45) is 4.00. The Hall–Kier alpha value is -1.54. The zero-order valence-electron chi connectivity index (χ0n) is 9.08. The second kappa shape index (κ2) is 3.91. The van der Waals surface area contributed by atoms with E-state index in [2.05, 4.69) is 13.0 Å². The molecule has 2 aromatic rings. The second-order valence-electron chi connectivity index (χ2n) is 3.64. The summed E-state index contributed by atoms with van der Waals surface area (Å²) in [5, 5.41) is 1.19. The lowest BCUT2D eigenvalue weighted by molar-refractivity contribution is 0.575. The van der Waals surface area contributed by atoms with E-state index < -0.39 is 0 Å². The summed E-state index contributed by atoms with van der Waals surface area (Å²) in [7, 11) is 0. The molecule has 0 spiro atoms. The maximum atomic E-state index is 5.65. The zero-order chi connectivity index (χ0) is 10.8. The minimum atomic E-state index is 0.562. The number of rotatable bonds is 2. The van der Waals surface area contributed by atoms with Gasteiger partial charge in [0.25, 0.3) is 0 Å². The van der Waals surface area contributed by atoms with Crippen molar-refractivity contribution in [1.82, 2.24) is 0 Å². The van der Waals surface area contributed by atoms with E-state index >= 15 is 0 Å². The van der Waals surface area contributed by atoms with Gasteiger partial charge in [-0.05, 0) is 31.0 Å². The molecule has 0 aliphatic rings. The van der Waals surface area contributed by atoms with Gasteiger partial charge in [0.1, 0.15) is 11.3 Å². The smallest absolute Gasteiger partial charge is 0.135 e. The summed E-state index contributed by atoms with van der Waals surface area (Å²) in [6, 6.07) is 6.08. The van der Waals surface area contributed by atoms with E-state index in [0.29, 0.717) is 6.54 Å². The van der Waals surface area contributed by atoms with E-state index in [1.54, 1.807) is 0 Å². The van der Waals surface area contributed by atoms with Crippen LogP contribution in [-0.4, -0.2) is 6.54 Å². The van der Waals surface area contributed by atoms with Crippen molar-refractivity contribution in [2.75, 3.05) is 6.54 Å².